The molecule has 112 valence electrons. The highest BCUT2D eigenvalue weighted by atomic mass is 35.5. The number of anilines is 1. The normalized spacial score (nSPS) is 26.2. The molecule has 0 amide bonds. The highest BCUT2D eigenvalue weighted by molar-refractivity contribution is 6.30. The number of nitrogens with zero attached hydrogens (tertiary/aromatic N) is 2. The summed E-state index contributed by atoms with van der Waals surface area (Å²) in [7, 11) is 0. The van der Waals surface area contributed by atoms with Gasteiger partial charge in [-0.15, -0.1) is 0 Å². The highest BCUT2D eigenvalue weighted by Crippen LogP contribution is 2.28. The molecule has 2 heterocycles. The van der Waals surface area contributed by atoms with Crippen LogP contribution in [0, 0.1) is 6.92 Å². The number of hydrogen-bond donors (Lipinski definition) is 2. The predicted octanol–water partition coefficient (Wildman–Crippen LogP) is 2.51. The zero-order valence-corrected chi connectivity index (χ0v) is 13.2. The third kappa shape index (κ3) is 3.05. The Morgan fingerprint density at radius 1 is 1.50 bits per heavy atom. The van der Waals surface area contributed by atoms with Gasteiger partial charge in [-0.2, -0.15) is 0 Å². The Hall–Kier alpha value is -0.910. The zero-order chi connectivity index (χ0) is 14.9. The van der Waals surface area contributed by atoms with Crippen LogP contribution in [0.2, 0.25) is 5.15 Å². The minimum atomic E-state index is -0.859. The van der Waals surface area contributed by atoms with Gasteiger partial charge in [0.15, 0.2) is 0 Å². The molecule has 0 aliphatic carbocycles. The Morgan fingerprint density at radius 2 is 2.20 bits per heavy atom. The van der Waals surface area contributed by atoms with Crippen molar-refractivity contribution in [1.29, 1.82) is 0 Å². The summed E-state index contributed by atoms with van der Waals surface area (Å²) in [4.78, 5) is 8.76. The number of nitrogens with one attached hydrogen (secondary N) is 1. The first kappa shape index (κ1) is 15.5. The van der Waals surface area contributed by atoms with Gasteiger partial charge < -0.3 is 15.2 Å². The molecule has 5 nitrogen and oxygen atoms in total. The molecule has 1 saturated heterocycles. The minimum Gasteiger partial charge on any atom is -0.385 e. The van der Waals surface area contributed by atoms with Crippen LogP contribution in [0.3, 0.4) is 0 Å². The smallest absolute Gasteiger partial charge is 0.137 e. The Morgan fingerprint density at radius 3 is 2.75 bits per heavy atom. The molecule has 2 atom stereocenters. The first-order chi connectivity index (χ1) is 9.33. The fraction of sp³-hybridized carbons (Fsp3) is 0.714. The monoisotopic (exact) mass is 299 g/mol. The van der Waals surface area contributed by atoms with Gasteiger partial charge in [-0.05, 0) is 13.8 Å². The van der Waals surface area contributed by atoms with Crippen molar-refractivity contribution in [2.75, 3.05) is 18.5 Å². The maximum absolute atomic E-state index is 10.5. The van der Waals surface area contributed by atoms with Crippen LogP contribution < -0.4 is 5.32 Å². The first-order valence-electron chi connectivity index (χ1n) is 6.95. The number of hydrogen-bond acceptors (Lipinski definition) is 5. The van der Waals surface area contributed by atoms with E-state index in [0.717, 1.165) is 5.56 Å². The van der Waals surface area contributed by atoms with Crippen LogP contribution in [0.25, 0.3) is 0 Å². The number of halogens is 1. The summed E-state index contributed by atoms with van der Waals surface area (Å²) in [6.45, 7) is 8.76. The predicted molar refractivity (Wildman–Crippen MR) is 79.3 cm³/mol. The minimum absolute atomic E-state index is 0.183. The van der Waals surface area contributed by atoms with Gasteiger partial charge in [-0.25, -0.2) is 9.97 Å². The van der Waals surface area contributed by atoms with Crippen molar-refractivity contribution in [3.05, 3.63) is 16.5 Å². The van der Waals surface area contributed by atoms with Gasteiger partial charge in [-0.3, -0.25) is 0 Å². The topological polar surface area (TPSA) is 67.3 Å². The molecule has 20 heavy (non-hydrogen) atoms. The molecule has 1 aliphatic heterocycles. The molecule has 0 spiro atoms. The lowest BCUT2D eigenvalue weighted by Crippen LogP contribution is -2.43. The van der Waals surface area contributed by atoms with Gasteiger partial charge in [0.1, 0.15) is 22.4 Å². The van der Waals surface area contributed by atoms with Crippen molar-refractivity contribution in [2.45, 2.75) is 51.7 Å². The van der Waals surface area contributed by atoms with Gasteiger partial charge in [-0.1, -0.05) is 25.4 Å². The van der Waals surface area contributed by atoms with Crippen LogP contribution in [0.1, 0.15) is 44.5 Å². The van der Waals surface area contributed by atoms with Gasteiger partial charge in [0.25, 0.3) is 0 Å². The van der Waals surface area contributed by atoms with Crippen molar-refractivity contribution < 1.29 is 9.84 Å². The zero-order valence-electron chi connectivity index (χ0n) is 12.4. The number of aromatic nitrogens is 2. The molecule has 1 aromatic rings. The standard InChI is InChI=1S/C14H22ClN3O2/c1-8(2)12-17-11(15)9(3)13(18-12)16-7-14(19)5-6-20-10(14)4/h8,10,19H,5-7H2,1-4H3,(H,16,17,18). The molecule has 2 unspecified atom stereocenters. The Balaban J connectivity index is 2.17. The third-order valence-electron chi connectivity index (χ3n) is 3.84. The van der Waals surface area contributed by atoms with E-state index in [1.807, 2.05) is 27.7 Å². The second-order valence-electron chi connectivity index (χ2n) is 5.72. The molecule has 6 heteroatoms. The number of aliphatic hydroxyl groups is 1. The van der Waals surface area contributed by atoms with Crippen molar-refractivity contribution in [2.24, 2.45) is 0 Å². The van der Waals surface area contributed by atoms with E-state index in [9.17, 15) is 5.11 Å². The molecule has 1 aromatic heterocycles. The number of rotatable bonds is 4. The van der Waals surface area contributed by atoms with Crippen LogP contribution >= 0.6 is 11.6 Å². The molecule has 1 aliphatic rings. The van der Waals surface area contributed by atoms with E-state index in [1.165, 1.54) is 0 Å². The summed E-state index contributed by atoms with van der Waals surface area (Å²) in [6.07, 6.45) is 0.438. The molecule has 0 radical (unpaired) electrons. The molecule has 0 saturated carbocycles. The molecule has 1 fully saturated rings. The van der Waals surface area contributed by atoms with Crippen LogP contribution in [0.4, 0.5) is 5.82 Å². The molecule has 0 bridgehead atoms. The van der Waals surface area contributed by atoms with E-state index < -0.39 is 5.60 Å². The van der Waals surface area contributed by atoms with Crippen LogP contribution in [-0.4, -0.2) is 39.9 Å². The van der Waals surface area contributed by atoms with Gasteiger partial charge in [0.2, 0.25) is 0 Å². The lowest BCUT2D eigenvalue weighted by atomic mass is 9.97. The summed E-state index contributed by atoms with van der Waals surface area (Å²) < 4.78 is 5.42. The van der Waals surface area contributed by atoms with Crippen LogP contribution in [0.15, 0.2) is 0 Å². The van der Waals surface area contributed by atoms with Gasteiger partial charge in [0.05, 0.1) is 6.10 Å². The van der Waals surface area contributed by atoms with Crippen molar-refractivity contribution in [1.82, 2.24) is 9.97 Å². The maximum atomic E-state index is 10.5. The van der Waals surface area contributed by atoms with E-state index in [0.29, 0.717) is 36.4 Å². The SMILES string of the molecule is Cc1c(Cl)nc(C(C)C)nc1NCC1(O)CCOC1C. The fourth-order valence-electron chi connectivity index (χ4n) is 2.18. The second kappa shape index (κ2) is 5.84. The lowest BCUT2D eigenvalue weighted by molar-refractivity contribution is -0.0176. The average Bonchev–Trinajstić information content (AvgIpc) is 2.71. The second-order valence-corrected chi connectivity index (χ2v) is 6.08. The van der Waals surface area contributed by atoms with Crippen LogP contribution in [-0.2, 0) is 4.74 Å². The summed E-state index contributed by atoms with van der Waals surface area (Å²) in [6, 6.07) is 0. The van der Waals surface area contributed by atoms with Gasteiger partial charge >= 0.3 is 0 Å². The van der Waals surface area contributed by atoms with Crippen molar-refractivity contribution in [3.8, 4) is 0 Å². The molecule has 2 rings (SSSR count). The largest absolute Gasteiger partial charge is 0.385 e. The van der Waals surface area contributed by atoms with E-state index in [-0.39, 0.29) is 12.0 Å². The Labute approximate surface area is 124 Å². The quantitative estimate of drug-likeness (QED) is 0.836. The van der Waals surface area contributed by atoms with E-state index >= 15 is 0 Å². The lowest BCUT2D eigenvalue weighted by Gasteiger charge is -2.27. The van der Waals surface area contributed by atoms with Gasteiger partial charge in [0, 0.05) is 31.1 Å². The fourth-order valence-corrected chi connectivity index (χ4v) is 2.35. The maximum Gasteiger partial charge on any atom is 0.137 e. The average molecular weight is 300 g/mol. The number of ether oxygens (including phenoxy) is 1. The third-order valence-corrected chi connectivity index (χ3v) is 4.21. The first-order valence-corrected chi connectivity index (χ1v) is 7.33. The molecule has 2 N–H and O–H groups in total. The van der Waals surface area contributed by atoms with E-state index in [2.05, 4.69) is 15.3 Å². The summed E-state index contributed by atoms with van der Waals surface area (Å²) in [5, 5.41) is 14.1. The molecule has 0 aromatic carbocycles. The van der Waals surface area contributed by atoms with Crippen LogP contribution in [0.5, 0.6) is 0 Å². The molecular weight excluding hydrogens is 278 g/mol. The molecular formula is C14H22ClN3O2. The van der Waals surface area contributed by atoms with Crippen molar-refractivity contribution >= 4 is 17.4 Å². The Bertz CT molecular complexity index is 496. The van der Waals surface area contributed by atoms with E-state index in [1.54, 1.807) is 0 Å². The highest BCUT2D eigenvalue weighted by Gasteiger charge is 2.39. The van der Waals surface area contributed by atoms with Crippen molar-refractivity contribution in [3.63, 3.8) is 0 Å². The summed E-state index contributed by atoms with van der Waals surface area (Å²) in [5.74, 6) is 1.58. The summed E-state index contributed by atoms with van der Waals surface area (Å²) in [5.41, 5.74) is -0.0618. The summed E-state index contributed by atoms with van der Waals surface area (Å²) >= 11 is 6.14. The van der Waals surface area contributed by atoms with E-state index in [4.69, 9.17) is 16.3 Å². The Kier molecular flexibility index (Phi) is 4.52.